The molecule has 110 valence electrons. The van der Waals surface area contributed by atoms with E-state index >= 15 is 0 Å². The second kappa shape index (κ2) is 6.17. The van der Waals surface area contributed by atoms with E-state index in [-0.39, 0.29) is 11.5 Å². The SMILES string of the molecule is Cc1cc(/C=N\Nc2ncccc2[N+](=O)[O-])cn1C(C)C. The van der Waals surface area contributed by atoms with Crippen molar-refractivity contribution in [3.8, 4) is 0 Å². The van der Waals surface area contributed by atoms with Gasteiger partial charge in [-0.15, -0.1) is 0 Å². The molecule has 1 N–H and O–H groups in total. The first kappa shape index (κ1) is 14.7. The van der Waals surface area contributed by atoms with Gasteiger partial charge in [-0.05, 0) is 32.9 Å². The van der Waals surface area contributed by atoms with Crippen LogP contribution in [0, 0.1) is 17.0 Å². The predicted octanol–water partition coefficient (Wildman–Crippen LogP) is 3.13. The first-order valence-electron chi connectivity index (χ1n) is 6.56. The van der Waals surface area contributed by atoms with Gasteiger partial charge in [-0.3, -0.25) is 15.5 Å². The molecule has 0 aliphatic rings. The number of aromatic nitrogens is 2. The Morgan fingerprint density at radius 2 is 2.29 bits per heavy atom. The van der Waals surface area contributed by atoms with E-state index in [2.05, 4.69) is 33.9 Å². The van der Waals surface area contributed by atoms with Gasteiger partial charge in [0.2, 0.25) is 5.82 Å². The molecule has 0 aliphatic heterocycles. The Bertz CT molecular complexity index is 676. The van der Waals surface area contributed by atoms with Gasteiger partial charge in [0.1, 0.15) is 0 Å². The van der Waals surface area contributed by atoms with E-state index in [9.17, 15) is 10.1 Å². The van der Waals surface area contributed by atoms with Gasteiger partial charge in [0, 0.05) is 35.8 Å². The third kappa shape index (κ3) is 3.44. The summed E-state index contributed by atoms with van der Waals surface area (Å²) in [7, 11) is 0. The molecule has 0 atom stereocenters. The number of aryl methyl sites for hydroxylation is 1. The zero-order valence-electron chi connectivity index (χ0n) is 12.1. The van der Waals surface area contributed by atoms with Gasteiger partial charge in [0.15, 0.2) is 0 Å². The van der Waals surface area contributed by atoms with Crippen LogP contribution in [0.3, 0.4) is 0 Å². The Balaban J connectivity index is 2.13. The monoisotopic (exact) mass is 287 g/mol. The summed E-state index contributed by atoms with van der Waals surface area (Å²) in [6.45, 7) is 6.22. The van der Waals surface area contributed by atoms with E-state index in [0.717, 1.165) is 11.3 Å². The van der Waals surface area contributed by atoms with E-state index < -0.39 is 4.92 Å². The maximum atomic E-state index is 10.8. The second-order valence-electron chi connectivity index (χ2n) is 4.91. The number of pyridine rings is 1. The molecule has 0 bridgehead atoms. The molecule has 0 radical (unpaired) electrons. The minimum Gasteiger partial charge on any atom is -0.349 e. The Morgan fingerprint density at radius 1 is 1.52 bits per heavy atom. The standard InChI is InChI=1S/C14H17N5O2/c1-10(2)18-9-12(7-11(18)3)8-16-17-14-13(19(20)21)5-4-6-15-14/h4-10H,1-3H3,(H,15,17)/b16-8-. The van der Waals surface area contributed by atoms with Crippen LogP contribution in [-0.4, -0.2) is 20.7 Å². The fourth-order valence-corrected chi connectivity index (χ4v) is 2.04. The van der Waals surface area contributed by atoms with Crippen LogP contribution >= 0.6 is 0 Å². The first-order chi connectivity index (χ1) is 9.99. The maximum absolute atomic E-state index is 10.8. The number of nitrogens with one attached hydrogen (secondary N) is 1. The van der Waals surface area contributed by atoms with Gasteiger partial charge in [-0.25, -0.2) is 4.98 Å². The van der Waals surface area contributed by atoms with Crippen molar-refractivity contribution in [2.45, 2.75) is 26.8 Å². The maximum Gasteiger partial charge on any atom is 0.313 e. The molecule has 0 saturated carbocycles. The summed E-state index contributed by atoms with van der Waals surface area (Å²) in [5, 5.41) is 14.9. The number of anilines is 1. The van der Waals surface area contributed by atoms with Gasteiger partial charge >= 0.3 is 5.69 Å². The summed E-state index contributed by atoms with van der Waals surface area (Å²) in [6.07, 6.45) is 5.08. The molecule has 7 heteroatoms. The Kier molecular flexibility index (Phi) is 4.32. The predicted molar refractivity (Wildman–Crippen MR) is 81.7 cm³/mol. The molecule has 0 unspecified atom stereocenters. The molecule has 0 saturated heterocycles. The van der Waals surface area contributed by atoms with Crippen molar-refractivity contribution in [3.63, 3.8) is 0 Å². The molecule has 0 spiro atoms. The minimum absolute atomic E-state index is 0.106. The van der Waals surface area contributed by atoms with Crippen molar-refractivity contribution in [1.29, 1.82) is 0 Å². The van der Waals surface area contributed by atoms with Gasteiger partial charge in [-0.1, -0.05) is 0 Å². The largest absolute Gasteiger partial charge is 0.349 e. The molecular formula is C14H17N5O2. The minimum atomic E-state index is -0.496. The highest BCUT2D eigenvalue weighted by Gasteiger charge is 2.12. The molecule has 2 heterocycles. The topological polar surface area (TPSA) is 85.3 Å². The van der Waals surface area contributed by atoms with Crippen molar-refractivity contribution >= 4 is 17.7 Å². The van der Waals surface area contributed by atoms with Crippen LogP contribution in [0.5, 0.6) is 0 Å². The molecule has 21 heavy (non-hydrogen) atoms. The Hall–Kier alpha value is -2.70. The number of hydrogen-bond acceptors (Lipinski definition) is 5. The van der Waals surface area contributed by atoms with Gasteiger partial charge in [0.05, 0.1) is 11.1 Å². The Labute approximate surface area is 122 Å². The molecule has 7 nitrogen and oxygen atoms in total. The lowest BCUT2D eigenvalue weighted by molar-refractivity contribution is -0.384. The number of hydrazone groups is 1. The quantitative estimate of drug-likeness (QED) is 0.520. The highest BCUT2D eigenvalue weighted by molar-refractivity contribution is 5.80. The molecule has 0 aromatic carbocycles. The van der Waals surface area contributed by atoms with Crippen molar-refractivity contribution in [2.24, 2.45) is 5.10 Å². The Morgan fingerprint density at radius 3 is 2.90 bits per heavy atom. The van der Waals surface area contributed by atoms with Crippen LogP contribution in [0.15, 0.2) is 35.7 Å². The normalized spacial score (nSPS) is 11.2. The summed E-state index contributed by atoms with van der Waals surface area (Å²) in [5.41, 5.74) is 4.56. The lowest BCUT2D eigenvalue weighted by Crippen LogP contribution is -2.00. The van der Waals surface area contributed by atoms with Crippen molar-refractivity contribution in [3.05, 3.63) is 52.0 Å². The van der Waals surface area contributed by atoms with E-state index in [0.29, 0.717) is 6.04 Å². The van der Waals surface area contributed by atoms with Crippen molar-refractivity contribution < 1.29 is 4.92 Å². The molecular weight excluding hydrogens is 270 g/mol. The number of hydrogen-bond donors (Lipinski definition) is 1. The van der Waals surface area contributed by atoms with Crippen LogP contribution in [0.4, 0.5) is 11.5 Å². The first-order valence-corrected chi connectivity index (χ1v) is 6.56. The highest BCUT2D eigenvalue weighted by atomic mass is 16.6. The lowest BCUT2D eigenvalue weighted by atomic mass is 10.3. The molecule has 0 fully saturated rings. The summed E-state index contributed by atoms with van der Waals surface area (Å²) < 4.78 is 2.13. The average Bonchev–Trinajstić information content (AvgIpc) is 2.80. The van der Waals surface area contributed by atoms with Crippen LogP contribution in [-0.2, 0) is 0 Å². The zero-order chi connectivity index (χ0) is 15.4. The molecule has 0 amide bonds. The number of rotatable bonds is 5. The highest BCUT2D eigenvalue weighted by Crippen LogP contribution is 2.20. The smallest absolute Gasteiger partial charge is 0.313 e. The number of nitrogens with zero attached hydrogens (tertiary/aromatic N) is 4. The summed E-state index contributed by atoms with van der Waals surface area (Å²) >= 11 is 0. The third-order valence-corrected chi connectivity index (χ3v) is 2.99. The average molecular weight is 287 g/mol. The van der Waals surface area contributed by atoms with E-state index in [1.165, 1.54) is 18.3 Å². The van der Waals surface area contributed by atoms with E-state index in [1.807, 2.05) is 19.2 Å². The van der Waals surface area contributed by atoms with E-state index in [1.54, 1.807) is 6.21 Å². The lowest BCUT2D eigenvalue weighted by Gasteiger charge is -2.08. The van der Waals surface area contributed by atoms with Crippen LogP contribution < -0.4 is 5.43 Å². The fraction of sp³-hybridized carbons (Fsp3) is 0.286. The van der Waals surface area contributed by atoms with Crippen molar-refractivity contribution in [2.75, 3.05) is 5.43 Å². The summed E-state index contributed by atoms with van der Waals surface area (Å²) in [5.74, 6) is 0.124. The molecule has 2 aromatic heterocycles. The van der Waals surface area contributed by atoms with Crippen LogP contribution in [0.25, 0.3) is 0 Å². The molecule has 0 aliphatic carbocycles. The van der Waals surface area contributed by atoms with Gasteiger partial charge in [0.25, 0.3) is 0 Å². The summed E-state index contributed by atoms with van der Waals surface area (Å²) in [4.78, 5) is 14.3. The third-order valence-electron chi connectivity index (χ3n) is 2.99. The zero-order valence-corrected chi connectivity index (χ0v) is 12.1. The molecule has 2 aromatic rings. The summed E-state index contributed by atoms with van der Waals surface area (Å²) in [6, 6.07) is 5.26. The van der Waals surface area contributed by atoms with Gasteiger partial charge in [-0.2, -0.15) is 5.10 Å². The van der Waals surface area contributed by atoms with Gasteiger partial charge < -0.3 is 4.57 Å². The second-order valence-corrected chi connectivity index (χ2v) is 4.91. The molecule has 2 rings (SSSR count). The van der Waals surface area contributed by atoms with Crippen molar-refractivity contribution in [1.82, 2.24) is 9.55 Å². The van der Waals surface area contributed by atoms with E-state index in [4.69, 9.17) is 0 Å². The number of nitro groups is 1. The fourth-order valence-electron chi connectivity index (χ4n) is 2.04. The van der Waals surface area contributed by atoms with Crippen LogP contribution in [0.2, 0.25) is 0 Å². The van der Waals surface area contributed by atoms with Crippen LogP contribution in [0.1, 0.15) is 31.1 Å².